The first-order chi connectivity index (χ1) is 7.93. The lowest BCUT2D eigenvalue weighted by Gasteiger charge is -2.20. The van der Waals surface area contributed by atoms with Gasteiger partial charge in [0.05, 0.1) is 0 Å². The summed E-state index contributed by atoms with van der Waals surface area (Å²) in [5.41, 5.74) is 2.07. The maximum atomic E-state index is 5.85. The monoisotopic (exact) mass is 255 g/mol. The molecule has 17 heavy (non-hydrogen) atoms. The van der Waals surface area contributed by atoms with Crippen molar-refractivity contribution in [2.75, 3.05) is 11.2 Å². The number of aryl methyl sites for hydroxylation is 1. The van der Waals surface area contributed by atoms with Gasteiger partial charge in [-0.2, -0.15) is 0 Å². The summed E-state index contributed by atoms with van der Waals surface area (Å²) in [6.45, 7) is 10.5. The second-order valence-corrected chi connectivity index (χ2v) is 5.29. The van der Waals surface area contributed by atoms with E-state index in [-0.39, 0.29) is 6.04 Å². The van der Waals surface area contributed by atoms with Crippen LogP contribution in [0.1, 0.15) is 45.0 Å². The van der Waals surface area contributed by atoms with Crippen LogP contribution in [0.3, 0.4) is 0 Å². The molecule has 0 bridgehead atoms. The first-order valence-electron chi connectivity index (χ1n) is 6.12. The van der Waals surface area contributed by atoms with E-state index in [9.17, 15) is 0 Å². The minimum Gasteiger partial charge on any atom is -0.351 e. The van der Waals surface area contributed by atoms with E-state index >= 15 is 0 Å². The van der Waals surface area contributed by atoms with E-state index in [1.54, 1.807) is 0 Å². The van der Waals surface area contributed by atoms with Gasteiger partial charge in [0.15, 0.2) is 0 Å². The van der Waals surface area contributed by atoms with Crippen LogP contribution in [0, 0.1) is 12.8 Å². The molecule has 0 aliphatic carbocycles. The van der Waals surface area contributed by atoms with Gasteiger partial charge in [-0.3, -0.25) is 0 Å². The van der Waals surface area contributed by atoms with Gasteiger partial charge in [0.1, 0.15) is 0 Å². The quantitative estimate of drug-likeness (QED) is 0.818. The Bertz CT molecular complexity index is 366. The Kier molecular flexibility index (Phi) is 5.19. The Labute approximate surface area is 109 Å². The van der Waals surface area contributed by atoms with Crippen molar-refractivity contribution in [3.05, 3.63) is 17.5 Å². The van der Waals surface area contributed by atoms with Crippen LogP contribution in [0.15, 0.2) is 6.07 Å². The number of nitrogens with one attached hydrogen (secondary N) is 1. The van der Waals surface area contributed by atoms with Crippen LogP contribution in [0.4, 0.5) is 5.95 Å². The summed E-state index contributed by atoms with van der Waals surface area (Å²) in [5, 5.41) is 3.32. The van der Waals surface area contributed by atoms with E-state index in [0.717, 1.165) is 11.4 Å². The van der Waals surface area contributed by atoms with E-state index < -0.39 is 0 Å². The first kappa shape index (κ1) is 14.2. The van der Waals surface area contributed by atoms with Crippen molar-refractivity contribution in [1.82, 2.24) is 9.97 Å². The van der Waals surface area contributed by atoms with Gasteiger partial charge in [-0.25, -0.2) is 9.97 Å². The molecule has 1 aromatic heterocycles. The largest absolute Gasteiger partial charge is 0.351 e. The first-order valence-corrected chi connectivity index (χ1v) is 6.65. The van der Waals surface area contributed by atoms with Gasteiger partial charge in [-0.05, 0) is 31.7 Å². The topological polar surface area (TPSA) is 37.8 Å². The minimum atomic E-state index is 0.273. The smallest absolute Gasteiger partial charge is 0.223 e. The van der Waals surface area contributed by atoms with Crippen molar-refractivity contribution in [1.29, 1.82) is 0 Å². The summed E-state index contributed by atoms with van der Waals surface area (Å²) < 4.78 is 0. The molecule has 0 spiro atoms. The number of aromatic nitrogens is 2. The Morgan fingerprint density at radius 3 is 2.41 bits per heavy atom. The molecular formula is C13H22ClN3. The highest BCUT2D eigenvalue weighted by Gasteiger charge is 2.13. The normalized spacial score (nSPS) is 14.8. The summed E-state index contributed by atoms with van der Waals surface area (Å²) in [4.78, 5) is 8.93. The van der Waals surface area contributed by atoms with Crippen molar-refractivity contribution in [2.24, 2.45) is 5.92 Å². The molecule has 1 rings (SSSR count). The highest BCUT2D eigenvalue weighted by Crippen LogP contribution is 2.16. The Morgan fingerprint density at radius 1 is 1.24 bits per heavy atom. The number of hydrogen-bond acceptors (Lipinski definition) is 3. The molecule has 4 heteroatoms. The Hall–Kier alpha value is -0.830. The highest BCUT2D eigenvalue weighted by atomic mass is 35.5. The minimum absolute atomic E-state index is 0.273. The third-order valence-corrected chi connectivity index (χ3v) is 3.41. The van der Waals surface area contributed by atoms with Crippen LogP contribution in [-0.2, 0) is 0 Å². The van der Waals surface area contributed by atoms with Crippen molar-refractivity contribution >= 4 is 17.5 Å². The third-order valence-electron chi connectivity index (χ3n) is 2.92. The molecule has 0 aliphatic heterocycles. The SMILES string of the molecule is Cc1cc(C(C)C)nc(NC(C)C(C)CCl)n1. The molecule has 0 saturated heterocycles. The molecule has 1 N–H and O–H groups in total. The summed E-state index contributed by atoms with van der Waals surface area (Å²) in [6, 6.07) is 2.31. The van der Waals surface area contributed by atoms with Crippen LogP contribution in [0.2, 0.25) is 0 Å². The predicted molar refractivity (Wildman–Crippen MR) is 73.8 cm³/mol. The molecule has 96 valence electrons. The second kappa shape index (κ2) is 6.20. The molecule has 1 aromatic rings. The summed E-state index contributed by atoms with van der Waals surface area (Å²) in [6.07, 6.45) is 0. The maximum absolute atomic E-state index is 5.85. The molecule has 0 aliphatic rings. The lowest BCUT2D eigenvalue weighted by Crippen LogP contribution is -2.26. The average molecular weight is 256 g/mol. The fraction of sp³-hybridized carbons (Fsp3) is 0.692. The predicted octanol–water partition coefficient (Wildman–Crippen LogP) is 3.58. The van der Waals surface area contributed by atoms with Crippen LogP contribution in [0.5, 0.6) is 0 Å². The van der Waals surface area contributed by atoms with Gasteiger partial charge in [0.25, 0.3) is 0 Å². The molecule has 2 unspecified atom stereocenters. The summed E-state index contributed by atoms with van der Waals surface area (Å²) >= 11 is 5.85. The zero-order valence-corrected chi connectivity index (χ0v) is 12.0. The summed E-state index contributed by atoms with van der Waals surface area (Å²) in [5.74, 6) is 2.15. The number of nitrogens with zero attached hydrogens (tertiary/aromatic N) is 2. The van der Waals surface area contributed by atoms with E-state index in [2.05, 4.69) is 43.0 Å². The van der Waals surface area contributed by atoms with Crippen LogP contribution in [-0.4, -0.2) is 21.9 Å². The van der Waals surface area contributed by atoms with Gasteiger partial charge in [-0.15, -0.1) is 11.6 Å². The molecule has 0 radical (unpaired) electrons. The van der Waals surface area contributed by atoms with Gasteiger partial charge >= 0.3 is 0 Å². The van der Waals surface area contributed by atoms with Crippen molar-refractivity contribution in [2.45, 2.75) is 46.6 Å². The molecular weight excluding hydrogens is 234 g/mol. The van der Waals surface area contributed by atoms with E-state index in [1.165, 1.54) is 0 Å². The fourth-order valence-electron chi connectivity index (χ4n) is 1.43. The second-order valence-electron chi connectivity index (χ2n) is 4.98. The molecule has 0 fully saturated rings. The van der Waals surface area contributed by atoms with E-state index in [0.29, 0.717) is 23.7 Å². The number of hydrogen-bond donors (Lipinski definition) is 1. The van der Waals surface area contributed by atoms with Crippen molar-refractivity contribution in [3.63, 3.8) is 0 Å². The van der Waals surface area contributed by atoms with Gasteiger partial charge in [0.2, 0.25) is 5.95 Å². The fourth-order valence-corrected chi connectivity index (χ4v) is 1.70. The van der Waals surface area contributed by atoms with E-state index in [1.807, 2.05) is 13.0 Å². The standard InChI is InChI=1S/C13H22ClN3/c1-8(2)12-6-10(4)15-13(17-12)16-11(5)9(3)7-14/h6,8-9,11H,7H2,1-5H3,(H,15,16,17). The number of anilines is 1. The number of halogens is 1. The Balaban J connectivity index is 2.84. The zero-order chi connectivity index (χ0) is 13.0. The van der Waals surface area contributed by atoms with Crippen molar-refractivity contribution < 1.29 is 0 Å². The number of alkyl halides is 1. The molecule has 1 heterocycles. The Morgan fingerprint density at radius 2 is 1.88 bits per heavy atom. The number of rotatable bonds is 5. The lowest BCUT2D eigenvalue weighted by atomic mass is 10.1. The van der Waals surface area contributed by atoms with Crippen molar-refractivity contribution in [3.8, 4) is 0 Å². The zero-order valence-electron chi connectivity index (χ0n) is 11.3. The lowest BCUT2D eigenvalue weighted by molar-refractivity contribution is 0.561. The third kappa shape index (κ3) is 4.15. The average Bonchev–Trinajstić information content (AvgIpc) is 2.26. The molecule has 2 atom stereocenters. The van der Waals surface area contributed by atoms with Crippen LogP contribution in [0.25, 0.3) is 0 Å². The van der Waals surface area contributed by atoms with Crippen LogP contribution >= 0.6 is 11.6 Å². The summed E-state index contributed by atoms with van der Waals surface area (Å²) in [7, 11) is 0. The molecule has 0 amide bonds. The molecule has 0 aromatic carbocycles. The van der Waals surface area contributed by atoms with Gasteiger partial charge in [-0.1, -0.05) is 20.8 Å². The van der Waals surface area contributed by atoms with E-state index in [4.69, 9.17) is 11.6 Å². The highest BCUT2D eigenvalue weighted by molar-refractivity contribution is 6.18. The van der Waals surface area contributed by atoms with Crippen LogP contribution < -0.4 is 5.32 Å². The van der Waals surface area contributed by atoms with Gasteiger partial charge < -0.3 is 5.32 Å². The molecule has 3 nitrogen and oxygen atoms in total. The maximum Gasteiger partial charge on any atom is 0.223 e. The van der Waals surface area contributed by atoms with Gasteiger partial charge in [0, 0.05) is 23.3 Å². The molecule has 0 saturated carbocycles.